The molecule has 10 heteroatoms. The van der Waals surface area contributed by atoms with Crippen molar-refractivity contribution in [3.8, 4) is 11.3 Å². The molecule has 0 radical (unpaired) electrons. The quantitative estimate of drug-likeness (QED) is 0.696. The lowest BCUT2D eigenvalue weighted by Crippen LogP contribution is -2.39. The van der Waals surface area contributed by atoms with E-state index in [2.05, 4.69) is 35.5 Å². The number of hydrogen-bond donors (Lipinski definition) is 1. The second-order valence-corrected chi connectivity index (χ2v) is 8.06. The van der Waals surface area contributed by atoms with Crippen molar-refractivity contribution in [2.75, 3.05) is 25.0 Å². The number of amides is 1. The molecule has 1 amide bonds. The summed E-state index contributed by atoms with van der Waals surface area (Å²) < 4.78 is 5.41. The van der Waals surface area contributed by atoms with Crippen LogP contribution in [0.3, 0.4) is 0 Å². The number of hydrogen-bond acceptors (Lipinski definition) is 9. The van der Waals surface area contributed by atoms with Crippen LogP contribution in [0.25, 0.3) is 11.3 Å². The van der Waals surface area contributed by atoms with Crippen LogP contribution in [-0.4, -0.2) is 55.8 Å². The van der Waals surface area contributed by atoms with Crippen LogP contribution < -0.4 is 5.32 Å². The fourth-order valence-corrected chi connectivity index (χ4v) is 4.03. The van der Waals surface area contributed by atoms with Gasteiger partial charge in [-0.3, -0.25) is 15.0 Å². The molecule has 1 aliphatic heterocycles. The van der Waals surface area contributed by atoms with Gasteiger partial charge in [-0.25, -0.2) is 9.97 Å². The van der Waals surface area contributed by atoms with Crippen molar-refractivity contribution in [3.05, 3.63) is 35.0 Å². The Kier molecular flexibility index (Phi) is 5.40. The summed E-state index contributed by atoms with van der Waals surface area (Å²) in [7, 11) is 0. The molecule has 4 rings (SSSR count). The minimum absolute atomic E-state index is 0.0607. The topological polar surface area (TPSA) is 110 Å². The summed E-state index contributed by atoms with van der Waals surface area (Å²) in [6.45, 7) is 5.75. The van der Waals surface area contributed by atoms with Gasteiger partial charge in [0.25, 0.3) is 0 Å². The average Bonchev–Trinajstić information content (AvgIpc) is 3.30. The van der Waals surface area contributed by atoms with Gasteiger partial charge in [-0.2, -0.15) is 0 Å². The maximum atomic E-state index is 12.2. The summed E-state index contributed by atoms with van der Waals surface area (Å²) in [6, 6.07) is 1.90. The summed E-state index contributed by atoms with van der Waals surface area (Å²) in [5.74, 6) is 0.935. The normalized spacial score (nSPS) is 15.6. The third-order valence-electron chi connectivity index (χ3n) is 4.75. The summed E-state index contributed by atoms with van der Waals surface area (Å²) >= 11 is 1.38. The molecular weight excluding hydrogens is 378 g/mol. The van der Waals surface area contributed by atoms with Gasteiger partial charge in [0, 0.05) is 18.2 Å². The van der Waals surface area contributed by atoms with Gasteiger partial charge in [-0.15, -0.1) is 10.2 Å². The first-order valence-corrected chi connectivity index (χ1v) is 9.96. The van der Waals surface area contributed by atoms with E-state index in [-0.39, 0.29) is 5.91 Å². The number of aromatic nitrogens is 5. The molecule has 0 saturated carbocycles. The van der Waals surface area contributed by atoms with Gasteiger partial charge in [0.2, 0.25) is 11.0 Å². The van der Waals surface area contributed by atoms with Gasteiger partial charge in [-0.05, 0) is 39.8 Å². The molecule has 0 aromatic carbocycles. The molecule has 0 atom stereocenters. The van der Waals surface area contributed by atoms with E-state index in [9.17, 15) is 4.79 Å². The predicted octanol–water partition coefficient (Wildman–Crippen LogP) is 2.42. The number of carbonyl (C=O) groups is 1. The molecule has 0 spiro atoms. The third kappa shape index (κ3) is 4.23. The van der Waals surface area contributed by atoms with Crippen LogP contribution in [0.15, 0.2) is 23.1 Å². The molecule has 4 heterocycles. The zero-order valence-corrected chi connectivity index (χ0v) is 16.6. The molecule has 3 aromatic rings. The Hall–Kier alpha value is -2.72. The number of nitrogens with zero attached hydrogens (tertiary/aromatic N) is 6. The summed E-state index contributed by atoms with van der Waals surface area (Å²) in [6.07, 6.45) is 5.20. The Bertz CT molecular complexity index is 962. The highest BCUT2D eigenvalue weighted by molar-refractivity contribution is 7.15. The monoisotopic (exact) mass is 399 g/mol. The van der Waals surface area contributed by atoms with Gasteiger partial charge < -0.3 is 4.52 Å². The van der Waals surface area contributed by atoms with Gasteiger partial charge in [0.1, 0.15) is 11.3 Å². The molecule has 1 aliphatic rings. The number of anilines is 1. The second kappa shape index (κ2) is 8.11. The molecule has 3 aromatic heterocycles. The first-order chi connectivity index (χ1) is 13.6. The first kappa shape index (κ1) is 18.6. The number of rotatable bonds is 5. The lowest BCUT2D eigenvalue weighted by atomic mass is 9.90. The highest BCUT2D eigenvalue weighted by Crippen LogP contribution is 2.33. The van der Waals surface area contributed by atoms with Crippen molar-refractivity contribution >= 4 is 22.4 Å². The Balaban J connectivity index is 1.36. The van der Waals surface area contributed by atoms with Crippen molar-refractivity contribution in [2.45, 2.75) is 32.6 Å². The minimum atomic E-state index is -0.0607. The van der Waals surface area contributed by atoms with E-state index in [0.29, 0.717) is 23.4 Å². The number of aryl methyl sites for hydroxylation is 2. The minimum Gasteiger partial charge on any atom is -0.356 e. The molecule has 1 saturated heterocycles. The van der Waals surface area contributed by atoms with Crippen LogP contribution in [0.5, 0.6) is 0 Å². The summed E-state index contributed by atoms with van der Waals surface area (Å²) in [5, 5.41) is 16.0. The van der Waals surface area contributed by atoms with Gasteiger partial charge in [-0.1, -0.05) is 16.5 Å². The maximum absolute atomic E-state index is 12.2. The molecule has 1 N–H and O–H groups in total. The molecule has 0 unspecified atom stereocenters. The predicted molar refractivity (Wildman–Crippen MR) is 104 cm³/mol. The third-order valence-corrected chi connectivity index (χ3v) is 5.50. The molecule has 1 fully saturated rings. The van der Waals surface area contributed by atoms with E-state index in [0.717, 1.165) is 47.9 Å². The fourth-order valence-electron chi connectivity index (χ4n) is 3.42. The summed E-state index contributed by atoms with van der Waals surface area (Å²) in [4.78, 5) is 23.1. The SMILES string of the molecule is Cc1cc(-c2cncnc2C2CCN(CC(=O)Nc3nnc(C)s3)CC2)on1. The van der Waals surface area contributed by atoms with Crippen molar-refractivity contribution in [1.29, 1.82) is 0 Å². The first-order valence-electron chi connectivity index (χ1n) is 9.14. The number of nitrogens with one attached hydrogen (secondary N) is 1. The van der Waals surface area contributed by atoms with Crippen LogP contribution in [0, 0.1) is 13.8 Å². The Morgan fingerprint density at radius 2 is 2.14 bits per heavy atom. The zero-order chi connectivity index (χ0) is 19.5. The van der Waals surface area contributed by atoms with Gasteiger partial charge in [0.15, 0.2) is 5.76 Å². The standard InChI is InChI=1S/C18H21N7O2S/c1-11-7-15(27-24-11)14-8-19-10-20-17(14)13-3-5-25(6-4-13)9-16(26)21-18-23-22-12(2)28-18/h7-8,10,13H,3-6,9H2,1-2H3,(H,21,23,26). The van der Waals surface area contributed by atoms with Crippen molar-refractivity contribution < 1.29 is 9.32 Å². The average molecular weight is 399 g/mol. The molecule has 28 heavy (non-hydrogen) atoms. The lowest BCUT2D eigenvalue weighted by molar-refractivity contribution is -0.117. The van der Waals surface area contributed by atoms with Gasteiger partial charge >= 0.3 is 0 Å². The largest absolute Gasteiger partial charge is 0.356 e. The maximum Gasteiger partial charge on any atom is 0.240 e. The van der Waals surface area contributed by atoms with Gasteiger partial charge in [0.05, 0.1) is 23.5 Å². The lowest BCUT2D eigenvalue weighted by Gasteiger charge is -2.31. The van der Waals surface area contributed by atoms with Crippen LogP contribution in [0.1, 0.15) is 35.2 Å². The fraction of sp³-hybridized carbons (Fsp3) is 0.444. The highest BCUT2D eigenvalue weighted by Gasteiger charge is 2.26. The van der Waals surface area contributed by atoms with E-state index in [1.807, 2.05) is 19.9 Å². The van der Waals surface area contributed by atoms with Crippen molar-refractivity contribution in [2.24, 2.45) is 0 Å². The van der Waals surface area contributed by atoms with E-state index in [1.54, 1.807) is 12.5 Å². The Morgan fingerprint density at radius 1 is 1.32 bits per heavy atom. The molecule has 0 bridgehead atoms. The molecular formula is C18H21N7O2S. The van der Waals surface area contributed by atoms with Crippen LogP contribution >= 0.6 is 11.3 Å². The zero-order valence-electron chi connectivity index (χ0n) is 15.8. The Labute approximate surface area is 166 Å². The van der Waals surface area contributed by atoms with E-state index in [1.165, 1.54) is 11.3 Å². The van der Waals surface area contributed by atoms with Crippen molar-refractivity contribution in [1.82, 2.24) is 30.2 Å². The van der Waals surface area contributed by atoms with E-state index >= 15 is 0 Å². The number of likely N-dealkylation sites (tertiary alicyclic amines) is 1. The highest BCUT2D eigenvalue weighted by atomic mass is 32.1. The molecule has 146 valence electrons. The van der Waals surface area contributed by atoms with E-state index < -0.39 is 0 Å². The van der Waals surface area contributed by atoms with Crippen LogP contribution in [0.4, 0.5) is 5.13 Å². The smallest absolute Gasteiger partial charge is 0.240 e. The van der Waals surface area contributed by atoms with Crippen LogP contribution in [0.2, 0.25) is 0 Å². The second-order valence-electron chi connectivity index (χ2n) is 6.88. The van der Waals surface area contributed by atoms with Crippen molar-refractivity contribution in [3.63, 3.8) is 0 Å². The molecule has 0 aliphatic carbocycles. The van der Waals surface area contributed by atoms with E-state index in [4.69, 9.17) is 4.52 Å². The van der Waals surface area contributed by atoms with Crippen LogP contribution in [-0.2, 0) is 4.79 Å². The Morgan fingerprint density at radius 3 is 2.82 bits per heavy atom. The summed E-state index contributed by atoms with van der Waals surface area (Å²) in [5.41, 5.74) is 2.71. The number of carbonyl (C=O) groups excluding carboxylic acids is 1. The molecule has 9 nitrogen and oxygen atoms in total. The number of piperidine rings is 1.